The van der Waals surface area contributed by atoms with E-state index in [1.807, 2.05) is 20.8 Å². The summed E-state index contributed by atoms with van der Waals surface area (Å²) in [5.74, 6) is 0.182. The number of nitrogens with zero attached hydrogens (tertiary/aromatic N) is 4. The third kappa shape index (κ3) is 3.45. The van der Waals surface area contributed by atoms with Crippen LogP contribution in [0.15, 0.2) is 0 Å². The molecule has 0 spiro atoms. The lowest BCUT2D eigenvalue weighted by Gasteiger charge is -2.31. The number of anilines is 1. The maximum absolute atomic E-state index is 12.1. The minimum atomic E-state index is -0.188. The van der Waals surface area contributed by atoms with Crippen molar-refractivity contribution in [3.63, 3.8) is 0 Å². The van der Waals surface area contributed by atoms with E-state index in [4.69, 9.17) is 0 Å². The zero-order valence-electron chi connectivity index (χ0n) is 11.6. The molecule has 1 fully saturated rings. The molecule has 1 aromatic heterocycles. The number of amides is 1. The lowest BCUT2D eigenvalue weighted by atomic mass is 10.2. The van der Waals surface area contributed by atoms with Crippen LogP contribution in [0.25, 0.3) is 0 Å². The highest BCUT2D eigenvalue weighted by Crippen LogP contribution is 2.06. The molecule has 1 unspecified atom stereocenters. The molecule has 1 aliphatic rings. The van der Waals surface area contributed by atoms with Crippen LogP contribution in [0.1, 0.15) is 18.3 Å². The van der Waals surface area contributed by atoms with Gasteiger partial charge in [0.2, 0.25) is 11.9 Å². The molecule has 19 heavy (non-hydrogen) atoms. The average molecular weight is 264 g/mol. The molecule has 2 heterocycles. The van der Waals surface area contributed by atoms with E-state index in [2.05, 4.69) is 30.7 Å². The fourth-order valence-electron chi connectivity index (χ4n) is 1.96. The molecule has 1 aromatic rings. The summed E-state index contributed by atoms with van der Waals surface area (Å²) in [6.45, 7) is 9.17. The van der Waals surface area contributed by atoms with Gasteiger partial charge in [-0.2, -0.15) is 5.10 Å². The second kappa shape index (κ2) is 6.03. The highest BCUT2D eigenvalue weighted by atomic mass is 16.2. The summed E-state index contributed by atoms with van der Waals surface area (Å²) in [7, 11) is 0. The van der Waals surface area contributed by atoms with Crippen LogP contribution in [0.4, 0.5) is 5.95 Å². The van der Waals surface area contributed by atoms with Gasteiger partial charge in [-0.3, -0.25) is 15.0 Å². The summed E-state index contributed by atoms with van der Waals surface area (Å²) < 4.78 is 0. The van der Waals surface area contributed by atoms with Crippen LogP contribution in [0.3, 0.4) is 0 Å². The van der Waals surface area contributed by atoms with E-state index in [0.29, 0.717) is 0 Å². The quantitative estimate of drug-likeness (QED) is 0.781. The number of carbonyl (C=O) groups excluding carboxylic acids is 1. The smallest absolute Gasteiger partial charge is 0.249 e. The molecule has 0 aliphatic carbocycles. The van der Waals surface area contributed by atoms with Gasteiger partial charge in [0.05, 0.1) is 17.4 Å². The van der Waals surface area contributed by atoms with Gasteiger partial charge in [-0.25, -0.2) is 4.98 Å². The third-order valence-electron chi connectivity index (χ3n) is 3.41. The van der Waals surface area contributed by atoms with Gasteiger partial charge in [-0.1, -0.05) is 0 Å². The van der Waals surface area contributed by atoms with Crippen molar-refractivity contribution in [2.75, 3.05) is 31.5 Å². The van der Waals surface area contributed by atoms with E-state index >= 15 is 0 Å². The number of piperazine rings is 1. The highest BCUT2D eigenvalue weighted by molar-refractivity contribution is 5.93. The molecular formula is C12H20N6O. The Morgan fingerprint density at radius 1 is 1.26 bits per heavy atom. The zero-order valence-corrected chi connectivity index (χ0v) is 11.6. The Bertz CT molecular complexity index is 458. The van der Waals surface area contributed by atoms with Crippen molar-refractivity contribution in [3.05, 3.63) is 11.4 Å². The Kier molecular flexibility index (Phi) is 4.39. The Balaban J connectivity index is 1.97. The van der Waals surface area contributed by atoms with Gasteiger partial charge in [0, 0.05) is 26.2 Å². The van der Waals surface area contributed by atoms with Gasteiger partial charge >= 0.3 is 0 Å². The van der Waals surface area contributed by atoms with Gasteiger partial charge < -0.3 is 5.32 Å². The minimum Gasteiger partial charge on any atom is -0.314 e. The average Bonchev–Trinajstić information content (AvgIpc) is 2.43. The van der Waals surface area contributed by atoms with E-state index in [1.165, 1.54) is 0 Å². The van der Waals surface area contributed by atoms with Crippen molar-refractivity contribution >= 4 is 11.9 Å². The topological polar surface area (TPSA) is 83.0 Å². The summed E-state index contributed by atoms with van der Waals surface area (Å²) >= 11 is 0. The number of aryl methyl sites for hydroxylation is 2. The molecule has 0 aromatic carbocycles. The number of carbonyl (C=O) groups is 1. The van der Waals surface area contributed by atoms with Crippen molar-refractivity contribution in [1.82, 2.24) is 25.4 Å². The van der Waals surface area contributed by atoms with Crippen molar-refractivity contribution in [3.8, 4) is 0 Å². The molecular weight excluding hydrogens is 244 g/mol. The lowest BCUT2D eigenvalue weighted by molar-refractivity contribution is -0.121. The molecule has 0 saturated carbocycles. The van der Waals surface area contributed by atoms with Crippen molar-refractivity contribution in [2.24, 2.45) is 0 Å². The van der Waals surface area contributed by atoms with Crippen molar-refractivity contribution in [1.29, 1.82) is 0 Å². The molecule has 1 saturated heterocycles. The summed E-state index contributed by atoms with van der Waals surface area (Å²) in [4.78, 5) is 18.5. The van der Waals surface area contributed by atoms with E-state index in [1.54, 1.807) is 0 Å². The van der Waals surface area contributed by atoms with E-state index in [9.17, 15) is 4.79 Å². The molecule has 1 aliphatic heterocycles. The Morgan fingerprint density at radius 2 is 1.95 bits per heavy atom. The largest absolute Gasteiger partial charge is 0.314 e. The molecule has 0 radical (unpaired) electrons. The number of nitrogens with one attached hydrogen (secondary N) is 2. The Hall–Kier alpha value is -1.60. The second-order valence-corrected chi connectivity index (χ2v) is 4.76. The van der Waals surface area contributed by atoms with Gasteiger partial charge in [0.1, 0.15) is 0 Å². The first-order valence-corrected chi connectivity index (χ1v) is 6.51. The Labute approximate surface area is 112 Å². The lowest BCUT2D eigenvalue weighted by Crippen LogP contribution is -2.51. The van der Waals surface area contributed by atoms with Crippen LogP contribution in [0, 0.1) is 13.8 Å². The monoisotopic (exact) mass is 264 g/mol. The molecule has 104 valence electrons. The van der Waals surface area contributed by atoms with Gasteiger partial charge in [0.15, 0.2) is 0 Å². The summed E-state index contributed by atoms with van der Waals surface area (Å²) in [5, 5.41) is 13.8. The third-order valence-corrected chi connectivity index (χ3v) is 3.41. The molecule has 7 heteroatoms. The van der Waals surface area contributed by atoms with Crippen molar-refractivity contribution < 1.29 is 4.79 Å². The molecule has 7 nitrogen and oxygen atoms in total. The number of aromatic nitrogens is 3. The van der Waals surface area contributed by atoms with Crippen LogP contribution in [0.5, 0.6) is 0 Å². The highest BCUT2D eigenvalue weighted by Gasteiger charge is 2.23. The molecule has 1 atom stereocenters. The van der Waals surface area contributed by atoms with E-state index < -0.39 is 0 Å². The molecule has 2 N–H and O–H groups in total. The fraction of sp³-hybridized carbons (Fsp3) is 0.667. The number of hydrogen-bond acceptors (Lipinski definition) is 6. The summed E-state index contributed by atoms with van der Waals surface area (Å²) in [5.41, 5.74) is 1.55. The standard InChI is InChI=1S/C12H20N6O/c1-8-9(2)16-17-12(14-8)15-11(19)10(3)18-6-4-13-5-7-18/h10,13H,4-7H2,1-3H3,(H,14,15,17,19). The second-order valence-electron chi connectivity index (χ2n) is 4.76. The maximum atomic E-state index is 12.1. The van der Waals surface area contributed by atoms with Crippen LogP contribution >= 0.6 is 0 Å². The summed E-state index contributed by atoms with van der Waals surface area (Å²) in [6.07, 6.45) is 0. The Morgan fingerprint density at radius 3 is 2.58 bits per heavy atom. The van der Waals surface area contributed by atoms with E-state index in [-0.39, 0.29) is 17.9 Å². The SMILES string of the molecule is Cc1nnc(NC(=O)C(C)N2CCNCC2)nc1C. The van der Waals surface area contributed by atoms with Crippen LogP contribution < -0.4 is 10.6 Å². The molecule has 2 rings (SSSR count). The predicted molar refractivity (Wildman–Crippen MR) is 71.8 cm³/mol. The fourth-order valence-corrected chi connectivity index (χ4v) is 1.96. The molecule has 0 bridgehead atoms. The number of hydrogen-bond donors (Lipinski definition) is 2. The first kappa shape index (κ1) is 13.8. The minimum absolute atomic E-state index is 0.0908. The normalized spacial score (nSPS) is 18.1. The van der Waals surface area contributed by atoms with Crippen molar-refractivity contribution in [2.45, 2.75) is 26.8 Å². The zero-order chi connectivity index (χ0) is 13.8. The van der Waals surface area contributed by atoms with Crippen LogP contribution in [-0.2, 0) is 4.79 Å². The first-order valence-electron chi connectivity index (χ1n) is 6.51. The predicted octanol–water partition coefficient (Wildman–Crippen LogP) is -0.279. The van der Waals surface area contributed by atoms with Gasteiger partial charge in [0.25, 0.3) is 0 Å². The first-order chi connectivity index (χ1) is 9.08. The van der Waals surface area contributed by atoms with E-state index in [0.717, 1.165) is 37.6 Å². The van der Waals surface area contributed by atoms with Crippen LogP contribution in [-0.4, -0.2) is 58.2 Å². The van der Waals surface area contributed by atoms with Gasteiger partial charge in [-0.15, -0.1) is 5.10 Å². The van der Waals surface area contributed by atoms with Gasteiger partial charge in [-0.05, 0) is 20.8 Å². The maximum Gasteiger partial charge on any atom is 0.249 e. The van der Waals surface area contributed by atoms with Crippen LogP contribution in [0.2, 0.25) is 0 Å². The number of rotatable bonds is 3. The summed E-state index contributed by atoms with van der Waals surface area (Å²) in [6, 6.07) is -0.188. The molecule has 1 amide bonds.